The fourth-order valence-corrected chi connectivity index (χ4v) is 4.11. The molecule has 0 saturated carbocycles. The SMILES string of the molecule is COc1ccc(/C=N/N=C2\SCC(=O)N2c2c(C)n(C)n(-c3ccccc3)c2=O)cc1. The van der Waals surface area contributed by atoms with Crippen LogP contribution in [0.2, 0.25) is 0 Å². The fourth-order valence-electron chi connectivity index (χ4n) is 3.30. The van der Waals surface area contributed by atoms with Gasteiger partial charge in [0, 0.05) is 7.05 Å². The van der Waals surface area contributed by atoms with E-state index in [-0.39, 0.29) is 17.2 Å². The number of nitrogens with zero attached hydrogens (tertiary/aromatic N) is 5. The first-order valence-electron chi connectivity index (χ1n) is 9.56. The van der Waals surface area contributed by atoms with Gasteiger partial charge in [-0.05, 0) is 48.9 Å². The summed E-state index contributed by atoms with van der Waals surface area (Å²) in [5.41, 5.74) is 2.23. The molecule has 1 aliphatic rings. The van der Waals surface area contributed by atoms with Gasteiger partial charge in [-0.3, -0.25) is 14.3 Å². The van der Waals surface area contributed by atoms with Crippen LogP contribution in [-0.2, 0) is 11.8 Å². The van der Waals surface area contributed by atoms with E-state index >= 15 is 0 Å². The van der Waals surface area contributed by atoms with E-state index in [1.165, 1.54) is 16.7 Å². The van der Waals surface area contributed by atoms with Gasteiger partial charge in [-0.15, -0.1) is 5.10 Å². The Morgan fingerprint density at radius 3 is 2.45 bits per heavy atom. The number of methoxy groups -OCH3 is 1. The molecule has 0 bridgehead atoms. The van der Waals surface area contributed by atoms with Crippen molar-refractivity contribution in [3.63, 3.8) is 0 Å². The van der Waals surface area contributed by atoms with Gasteiger partial charge in [0.15, 0.2) is 5.17 Å². The van der Waals surface area contributed by atoms with E-state index in [0.29, 0.717) is 16.5 Å². The van der Waals surface area contributed by atoms with E-state index < -0.39 is 0 Å². The molecular weight excluding hydrogens is 414 g/mol. The summed E-state index contributed by atoms with van der Waals surface area (Å²) in [6.45, 7) is 1.81. The van der Waals surface area contributed by atoms with E-state index in [9.17, 15) is 9.59 Å². The number of amides is 1. The van der Waals surface area contributed by atoms with Gasteiger partial charge in [0.05, 0.1) is 30.5 Å². The zero-order chi connectivity index (χ0) is 22.0. The van der Waals surface area contributed by atoms with Gasteiger partial charge in [-0.1, -0.05) is 30.0 Å². The van der Waals surface area contributed by atoms with Crippen LogP contribution in [0.3, 0.4) is 0 Å². The molecule has 31 heavy (non-hydrogen) atoms. The normalized spacial score (nSPS) is 15.4. The van der Waals surface area contributed by atoms with Crippen molar-refractivity contribution < 1.29 is 9.53 Å². The highest BCUT2D eigenvalue weighted by Crippen LogP contribution is 2.28. The Hall–Kier alpha value is -3.59. The Kier molecular flexibility index (Phi) is 5.77. The smallest absolute Gasteiger partial charge is 0.296 e. The molecule has 1 aliphatic heterocycles. The molecule has 0 unspecified atom stereocenters. The van der Waals surface area contributed by atoms with E-state index in [2.05, 4.69) is 10.2 Å². The quantitative estimate of drug-likeness (QED) is 0.456. The first-order valence-corrected chi connectivity index (χ1v) is 10.5. The Morgan fingerprint density at radius 2 is 1.77 bits per heavy atom. The van der Waals surface area contributed by atoms with Crippen LogP contribution in [-0.4, -0.2) is 39.5 Å². The minimum atomic E-state index is -0.283. The molecule has 2 heterocycles. The number of hydrogen-bond acceptors (Lipinski definition) is 6. The summed E-state index contributed by atoms with van der Waals surface area (Å²) in [5, 5.41) is 8.73. The molecule has 0 radical (unpaired) electrons. The minimum absolute atomic E-state index is 0.200. The number of rotatable bonds is 5. The zero-order valence-corrected chi connectivity index (χ0v) is 18.2. The molecule has 3 aromatic rings. The highest BCUT2D eigenvalue weighted by Gasteiger charge is 2.35. The minimum Gasteiger partial charge on any atom is -0.497 e. The Labute approximate surface area is 183 Å². The number of carbonyl (C=O) groups is 1. The molecule has 1 saturated heterocycles. The van der Waals surface area contributed by atoms with Crippen molar-refractivity contribution in [1.29, 1.82) is 0 Å². The van der Waals surface area contributed by atoms with Crippen LogP contribution < -0.4 is 15.2 Å². The number of thioether (sulfide) groups is 1. The summed E-state index contributed by atoms with van der Waals surface area (Å²) in [5.74, 6) is 0.756. The van der Waals surface area contributed by atoms with Gasteiger partial charge in [0.25, 0.3) is 5.56 Å². The number of amidine groups is 1. The average molecular weight is 436 g/mol. The third-order valence-corrected chi connectivity index (χ3v) is 5.89. The third-order valence-electron chi connectivity index (χ3n) is 4.98. The third kappa shape index (κ3) is 3.91. The first kappa shape index (κ1) is 20.7. The number of ether oxygens (including phenoxy) is 1. The molecule has 0 atom stereocenters. The molecule has 2 aromatic carbocycles. The monoisotopic (exact) mass is 435 g/mol. The van der Waals surface area contributed by atoms with Crippen molar-refractivity contribution >= 4 is 34.7 Å². The van der Waals surface area contributed by atoms with Gasteiger partial charge in [0.1, 0.15) is 11.4 Å². The summed E-state index contributed by atoms with van der Waals surface area (Å²) < 4.78 is 8.42. The van der Waals surface area contributed by atoms with E-state index in [1.54, 1.807) is 29.7 Å². The van der Waals surface area contributed by atoms with Crippen molar-refractivity contribution in [3.8, 4) is 11.4 Å². The van der Waals surface area contributed by atoms with Crippen LogP contribution in [0.4, 0.5) is 5.69 Å². The van der Waals surface area contributed by atoms with Gasteiger partial charge in [-0.25, -0.2) is 9.58 Å². The second-order valence-corrected chi connectivity index (χ2v) is 7.77. The molecule has 158 valence electrons. The standard InChI is InChI=1S/C22H21N5O3S/c1-15-20(21(29)27(25(15)2)17-7-5-4-6-8-17)26-19(28)14-31-22(26)24-23-13-16-9-11-18(30-3)12-10-16/h4-13H,14H2,1-3H3/b23-13+,24-22-. The summed E-state index contributed by atoms with van der Waals surface area (Å²) in [4.78, 5) is 27.3. The number of anilines is 1. The number of benzene rings is 2. The molecular formula is C22H21N5O3S. The lowest BCUT2D eigenvalue weighted by molar-refractivity contribution is -0.115. The van der Waals surface area contributed by atoms with Gasteiger partial charge in [0.2, 0.25) is 5.91 Å². The Morgan fingerprint density at radius 1 is 1.06 bits per heavy atom. The van der Waals surface area contributed by atoms with Crippen LogP contribution in [0.25, 0.3) is 5.69 Å². The number of para-hydroxylation sites is 1. The van der Waals surface area contributed by atoms with Crippen molar-refractivity contribution in [2.75, 3.05) is 17.8 Å². The molecule has 1 aromatic heterocycles. The molecule has 8 nitrogen and oxygen atoms in total. The fraction of sp³-hybridized carbons (Fsp3) is 0.182. The van der Waals surface area contributed by atoms with Crippen LogP contribution in [0.5, 0.6) is 5.75 Å². The zero-order valence-electron chi connectivity index (χ0n) is 17.3. The Balaban J connectivity index is 1.69. The van der Waals surface area contributed by atoms with Crippen LogP contribution in [0, 0.1) is 6.92 Å². The van der Waals surface area contributed by atoms with Gasteiger partial charge in [-0.2, -0.15) is 5.10 Å². The van der Waals surface area contributed by atoms with Gasteiger partial charge >= 0.3 is 0 Å². The summed E-state index contributed by atoms with van der Waals surface area (Å²) in [7, 11) is 3.40. The maximum absolute atomic E-state index is 13.3. The number of aromatic nitrogens is 2. The molecule has 1 fully saturated rings. The van der Waals surface area contributed by atoms with Crippen LogP contribution in [0.1, 0.15) is 11.3 Å². The topological polar surface area (TPSA) is 81.2 Å². The van der Waals surface area contributed by atoms with Crippen molar-refractivity contribution in [2.45, 2.75) is 6.92 Å². The van der Waals surface area contributed by atoms with E-state index in [0.717, 1.165) is 17.0 Å². The lowest BCUT2D eigenvalue weighted by Crippen LogP contribution is -2.34. The lowest BCUT2D eigenvalue weighted by atomic mass is 10.2. The number of hydrogen-bond donors (Lipinski definition) is 0. The van der Waals surface area contributed by atoms with E-state index in [1.807, 2.05) is 61.5 Å². The predicted molar refractivity (Wildman–Crippen MR) is 124 cm³/mol. The largest absolute Gasteiger partial charge is 0.497 e. The maximum Gasteiger partial charge on any atom is 0.296 e. The Bertz CT molecular complexity index is 1230. The first-order chi connectivity index (χ1) is 15.0. The molecule has 0 aliphatic carbocycles. The second-order valence-electron chi connectivity index (χ2n) is 6.83. The number of carbonyl (C=O) groups excluding carboxylic acids is 1. The molecule has 1 amide bonds. The van der Waals surface area contributed by atoms with Crippen LogP contribution >= 0.6 is 11.8 Å². The van der Waals surface area contributed by atoms with Crippen molar-refractivity contribution in [1.82, 2.24) is 9.36 Å². The highest BCUT2D eigenvalue weighted by molar-refractivity contribution is 8.15. The van der Waals surface area contributed by atoms with Crippen molar-refractivity contribution in [3.05, 3.63) is 76.2 Å². The van der Waals surface area contributed by atoms with E-state index in [4.69, 9.17) is 4.74 Å². The summed E-state index contributed by atoms with van der Waals surface area (Å²) in [6, 6.07) is 16.7. The molecule has 4 rings (SSSR count). The predicted octanol–water partition coefficient (Wildman–Crippen LogP) is 2.96. The van der Waals surface area contributed by atoms with Gasteiger partial charge < -0.3 is 4.74 Å². The second kappa shape index (κ2) is 8.65. The molecule has 0 N–H and O–H groups in total. The maximum atomic E-state index is 13.3. The average Bonchev–Trinajstić information content (AvgIpc) is 3.25. The highest BCUT2D eigenvalue weighted by atomic mass is 32.2. The van der Waals surface area contributed by atoms with Crippen molar-refractivity contribution in [2.24, 2.45) is 17.3 Å². The lowest BCUT2D eigenvalue weighted by Gasteiger charge is -2.13. The molecule has 9 heteroatoms. The summed E-state index contributed by atoms with van der Waals surface area (Å²) in [6.07, 6.45) is 1.59. The summed E-state index contributed by atoms with van der Waals surface area (Å²) >= 11 is 1.26. The van der Waals surface area contributed by atoms with Crippen LogP contribution in [0.15, 0.2) is 69.6 Å². The molecule has 0 spiro atoms.